The third-order valence-corrected chi connectivity index (χ3v) is 3.03. The number of thioether (sulfide) groups is 1. The van der Waals surface area contributed by atoms with Gasteiger partial charge in [0.15, 0.2) is 0 Å². The Morgan fingerprint density at radius 1 is 1.41 bits per heavy atom. The van der Waals surface area contributed by atoms with E-state index in [2.05, 4.69) is 10.5 Å². The zero-order valence-corrected chi connectivity index (χ0v) is 10.1. The molecule has 4 nitrogen and oxygen atoms in total. The predicted octanol–water partition coefficient (Wildman–Crippen LogP) is 3.17. The van der Waals surface area contributed by atoms with Crippen molar-refractivity contribution in [2.45, 2.75) is 18.4 Å². The Hall–Kier alpha value is -1.93. The molecule has 1 N–H and O–H groups in total. The molecular formula is C12H11N3OS. The SMILES string of the molecule is Cc1noc(NCc2ccccc2)c1SC#N. The average Bonchev–Trinajstić information content (AvgIpc) is 2.70. The van der Waals surface area contributed by atoms with E-state index in [1.54, 1.807) is 0 Å². The van der Waals surface area contributed by atoms with Crippen molar-refractivity contribution in [1.82, 2.24) is 5.16 Å². The third kappa shape index (κ3) is 2.80. The molecule has 0 bridgehead atoms. The predicted molar refractivity (Wildman–Crippen MR) is 66.5 cm³/mol. The number of rotatable bonds is 4. The Morgan fingerprint density at radius 3 is 2.88 bits per heavy atom. The molecule has 0 aliphatic rings. The molecular weight excluding hydrogens is 234 g/mol. The van der Waals surface area contributed by atoms with Crippen LogP contribution in [-0.4, -0.2) is 5.16 Å². The minimum atomic E-state index is 0.554. The Balaban J connectivity index is 2.07. The van der Waals surface area contributed by atoms with Crippen molar-refractivity contribution in [3.63, 3.8) is 0 Å². The van der Waals surface area contributed by atoms with E-state index >= 15 is 0 Å². The van der Waals surface area contributed by atoms with Gasteiger partial charge in [0.2, 0.25) is 5.88 Å². The molecule has 0 atom stereocenters. The summed E-state index contributed by atoms with van der Waals surface area (Å²) in [6, 6.07) is 9.97. The molecule has 0 saturated carbocycles. The van der Waals surface area contributed by atoms with Gasteiger partial charge in [0.05, 0.1) is 5.69 Å². The molecule has 0 saturated heterocycles. The molecule has 0 aliphatic heterocycles. The van der Waals surface area contributed by atoms with Crippen molar-refractivity contribution < 1.29 is 4.52 Å². The highest BCUT2D eigenvalue weighted by molar-refractivity contribution is 8.03. The van der Waals surface area contributed by atoms with Crippen molar-refractivity contribution in [1.29, 1.82) is 5.26 Å². The van der Waals surface area contributed by atoms with E-state index in [0.29, 0.717) is 12.4 Å². The molecule has 1 heterocycles. The van der Waals surface area contributed by atoms with Gasteiger partial charge in [-0.1, -0.05) is 35.5 Å². The largest absolute Gasteiger partial charge is 0.349 e. The molecule has 0 amide bonds. The Labute approximate surface area is 104 Å². The fourth-order valence-electron chi connectivity index (χ4n) is 1.42. The molecule has 5 heteroatoms. The summed E-state index contributed by atoms with van der Waals surface area (Å²) in [7, 11) is 0. The molecule has 17 heavy (non-hydrogen) atoms. The second-order valence-corrected chi connectivity index (χ2v) is 4.25. The first-order valence-corrected chi connectivity index (χ1v) is 5.93. The zero-order valence-electron chi connectivity index (χ0n) is 9.30. The molecule has 1 aromatic carbocycles. The number of hydrogen-bond acceptors (Lipinski definition) is 5. The van der Waals surface area contributed by atoms with Gasteiger partial charge in [0, 0.05) is 6.54 Å². The second-order valence-electron chi connectivity index (χ2n) is 3.46. The Kier molecular flexibility index (Phi) is 3.68. The number of aromatic nitrogens is 1. The molecule has 0 radical (unpaired) electrons. The number of aryl methyl sites for hydroxylation is 1. The highest BCUT2D eigenvalue weighted by Crippen LogP contribution is 2.29. The van der Waals surface area contributed by atoms with Crippen LogP contribution in [0.25, 0.3) is 0 Å². The Bertz CT molecular complexity index is 530. The van der Waals surface area contributed by atoms with E-state index in [-0.39, 0.29) is 0 Å². The van der Waals surface area contributed by atoms with Crippen molar-refractivity contribution in [3.05, 3.63) is 41.6 Å². The molecule has 86 valence electrons. The van der Waals surface area contributed by atoms with E-state index in [9.17, 15) is 0 Å². The van der Waals surface area contributed by atoms with E-state index in [4.69, 9.17) is 9.78 Å². The summed E-state index contributed by atoms with van der Waals surface area (Å²) in [5.41, 5.74) is 1.88. The summed E-state index contributed by atoms with van der Waals surface area (Å²) in [5.74, 6) is 0.554. The Morgan fingerprint density at radius 2 is 2.18 bits per heavy atom. The lowest BCUT2D eigenvalue weighted by molar-refractivity contribution is 0.426. The van der Waals surface area contributed by atoms with E-state index < -0.39 is 0 Å². The van der Waals surface area contributed by atoms with Crippen LogP contribution in [0.3, 0.4) is 0 Å². The van der Waals surface area contributed by atoms with Crippen LogP contribution in [0.2, 0.25) is 0 Å². The van der Waals surface area contributed by atoms with Crippen LogP contribution in [0, 0.1) is 17.6 Å². The maximum Gasteiger partial charge on any atom is 0.239 e. The van der Waals surface area contributed by atoms with Crippen molar-refractivity contribution in [3.8, 4) is 5.40 Å². The van der Waals surface area contributed by atoms with Crippen molar-refractivity contribution >= 4 is 17.6 Å². The number of nitrogens with one attached hydrogen (secondary N) is 1. The summed E-state index contributed by atoms with van der Waals surface area (Å²) in [6.07, 6.45) is 0. The van der Waals surface area contributed by atoms with Crippen LogP contribution in [0.1, 0.15) is 11.3 Å². The monoisotopic (exact) mass is 245 g/mol. The summed E-state index contributed by atoms with van der Waals surface area (Å²) < 4.78 is 5.14. The van der Waals surface area contributed by atoms with E-state index in [1.165, 1.54) is 0 Å². The fraction of sp³-hybridized carbons (Fsp3) is 0.167. The number of nitrogens with zero attached hydrogens (tertiary/aromatic N) is 2. The lowest BCUT2D eigenvalue weighted by atomic mass is 10.2. The van der Waals surface area contributed by atoms with Gasteiger partial charge in [-0.3, -0.25) is 0 Å². The third-order valence-electron chi connectivity index (χ3n) is 2.25. The minimum Gasteiger partial charge on any atom is -0.349 e. The minimum absolute atomic E-state index is 0.554. The smallest absolute Gasteiger partial charge is 0.239 e. The van der Waals surface area contributed by atoms with Gasteiger partial charge in [-0.25, -0.2) is 0 Å². The van der Waals surface area contributed by atoms with Crippen LogP contribution < -0.4 is 5.32 Å². The summed E-state index contributed by atoms with van der Waals surface area (Å²) in [4.78, 5) is 0.753. The van der Waals surface area contributed by atoms with Gasteiger partial charge in [-0.05, 0) is 24.2 Å². The van der Waals surface area contributed by atoms with Crippen LogP contribution in [0.4, 0.5) is 5.88 Å². The summed E-state index contributed by atoms with van der Waals surface area (Å²) >= 11 is 1.06. The highest BCUT2D eigenvalue weighted by atomic mass is 32.2. The normalized spacial score (nSPS) is 9.88. The lowest BCUT2D eigenvalue weighted by Crippen LogP contribution is -1.98. The lowest BCUT2D eigenvalue weighted by Gasteiger charge is -2.03. The standard InChI is InChI=1S/C12H11N3OS/c1-9-11(17-8-13)12(16-15-9)14-7-10-5-3-2-4-6-10/h2-6,14H,7H2,1H3. The summed E-state index contributed by atoms with van der Waals surface area (Å²) in [6.45, 7) is 2.46. The van der Waals surface area contributed by atoms with E-state index in [1.807, 2.05) is 42.7 Å². The molecule has 0 spiro atoms. The molecule has 0 fully saturated rings. The van der Waals surface area contributed by atoms with Crippen LogP contribution in [-0.2, 0) is 6.54 Å². The first-order chi connectivity index (χ1) is 8.31. The van der Waals surface area contributed by atoms with Gasteiger partial charge in [0.25, 0.3) is 0 Å². The number of nitriles is 1. The van der Waals surface area contributed by atoms with Gasteiger partial charge >= 0.3 is 0 Å². The number of thiocyanates is 1. The number of hydrogen-bond donors (Lipinski definition) is 1. The van der Waals surface area contributed by atoms with Gasteiger partial charge < -0.3 is 9.84 Å². The number of anilines is 1. The maximum absolute atomic E-state index is 8.69. The highest BCUT2D eigenvalue weighted by Gasteiger charge is 2.12. The molecule has 0 unspecified atom stereocenters. The maximum atomic E-state index is 8.69. The molecule has 0 aliphatic carbocycles. The van der Waals surface area contributed by atoms with Crippen LogP contribution in [0.15, 0.2) is 39.8 Å². The molecule has 2 rings (SSSR count). The topological polar surface area (TPSA) is 61.9 Å². The summed E-state index contributed by atoms with van der Waals surface area (Å²) in [5, 5.41) is 17.7. The molecule has 1 aromatic heterocycles. The van der Waals surface area contributed by atoms with Crippen LogP contribution in [0.5, 0.6) is 0 Å². The first-order valence-electron chi connectivity index (χ1n) is 5.11. The molecule has 2 aromatic rings. The quantitative estimate of drug-likeness (QED) is 0.662. The fourth-order valence-corrected chi connectivity index (χ4v) is 1.90. The average molecular weight is 245 g/mol. The number of benzene rings is 1. The zero-order chi connectivity index (χ0) is 12.1. The van der Waals surface area contributed by atoms with Crippen LogP contribution >= 0.6 is 11.8 Å². The van der Waals surface area contributed by atoms with Crippen molar-refractivity contribution in [2.24, 2.45) is 0 Å². The van der Waals surface area contributed by atoms with Gasteiger partial charge in [0.1, 0.15) is 10.3 Å². The second kappa shape index (κ2) is 5.41. The van der Waals surface area contributed by atoms with Crippen molar-refractivity contribution in [2.75, 3.05) is 5.32 Å². The van der Waals surface area contributed by atoms with Gasteiger partial charge in [-0.15, -0.1) is 0 Å². The van der Waals surface area contributed by atoms with Gasteiger partial charge in [-0.2, -0.15) is 5.26 Å². The first kappa shape index (κ1) is 11.6. The van der Waals surface area contributed by atoms with E-state index in [0.717, 1.165) is 27.9 Å².